The first-order chi connectivity index (χ1) is 13.1. The Hall–Kier alpha value is -1.86. The number of aliphatic hydroxyl groups is 1. The molecular formula is C20H26ClFN2O3. The summed E-state index contributed by atoms with van der Waals surface area (Å²) in [6.45, 7) is 5.55. The second-order valence-corrected chi connectivity index (χ2v) is 6.31. The molecule has 0 heterocycles. The Labute approximate surface area is 164 Å². The van der Waals surface area contributed by atoms with Gasteiger partial charge in [0.2, 0.25) is 0 Å². The van der Waals surface area contributed by atoms with Crippen LogP contribution < -0.4 is 20.1 Å². The van der Waals surface area contributed by atoms with Gasteiger partial charge >= 0.3 is 0 Å². The number of ether oxygens (including phenoxy) is 2. The van der Waals surface area contributed by atoms with Gasteiger partial charge < -0.3 is 25.2 Å². The van der Waals surface area contributed by atoms with Crippen molar-refractivity contribution in [1.29, 1.82) is 0 Å². The van der Waals surface area contributed by atoms with E-state index in [9.17, 15) is 4.39 Å². The third-order valence-corrected chi connectivity index (χ3v) is 4.04. The van der Waals surface area contributed by atoms with Crippen molar-refractivity contribution in [3.8, 4) is 11.5 Å². The number of hydrogen-bond acceptors (Lipinski definition) is 5. The fourth-order valence-electron chi connectivity index (χ4n) is 2.48. The summed E-state index contributed by atoms with van der Waals surface area (Å²) in [6, 6.07) is 9.89. The zero-order chi connectivity index (χ0) is 19.5. The van der Waals surface area contributed by atoms with Gasteiger partial charge in [0.05, 0.1) is 18.2 Å². The van der Waals surface area contributed by atoms with Crippen LogP contribution in [0.25, 0.3) is 0 Å². The van der Waals surface area contributed by atoms with Gasteiger partial charge in [-0.2, -0.15) is 0 Å². The largest absolute Gasteiger partial charge is 0.490 e. The molecule has 7 heteroatoms. The van der Waals surface area contributed by atoms with Crippen LogP contribution in [0.5, 0.6) is 11.5 Å². The Bertz CT molecular complexity index is 698. The van der Waals surface area contributed by atoms with Gasteiger partial charge in [0, 0.05) is 26.2 Å². The molecule has 2 aromatic rings. The van der Waals surface area contributed by atoms with Gasteiger partial charge in [-0.1, -0.05) is 23.7 Å². The molecule has 0 amide bonds. The van der Waals surface area contributed by atoms with Crippen molar-refractivity contribution in [2.24, 2.45) is 0 Å². The van der Waals surface area contributed by atoms with Gasteiger partial charge in [-0.3, -0.25) is 0 Å². The highest BCUT2D eigenvalue weighted by atomic mass is 35.5. The first-order valence-corrected chi connectivity index (χ1v) is 9.36. The maximum atomic E-state index is 13.0. The zero-order valence-corrected chi connectivity index (χ0v) is 16.2. The molecule has 0 unspecified atom stereocenters. The van der Waals surface area contributed by atoms with Crippen LogP contribution in [0.3, 0.4) is 0 Å². The summed E-state index contributed by atoms with van der Waals surface area (Å²) in [5.74, 6) is 0.786. The minimum atomic E-state index is -0.282. The van der Waals surface area contributed by atoms with Crippen molar-refractivity contribution in [1.82, 2.24) is 10.6 Å². The fraction of sp³-hybridized carbons (Fsp3) is 0.400. The Morgan fingerprint density at radius 2 is 1.74 bits per heavy atom. The van der Waals surface area contributed by atoms with E-state index in [1.54, 1.807) is 12.1 Å². The average Bonchev–Trinajstić information content (AvgIpc) is 2.65. The minimum Gasteiger partial charge on any atom is -0.490 e. The van der Waals surface area contributed by atoms with Gasteiger partial charge in [0.15, 0.2) is 11.5 Å². The van der Waals surface area contributed by atoms with Crippen LogP contribution in [0.15, 0.2) is 36.4 Å². The van der Waals surface area contributed by atoms with Crippen LogP contribution in [0.2, 0.25) is 5.02 Å². The molecule has 3 N–H and O–H groups in total. The molecule has 0 aromatic heterocycles. The number of rotatable bonds is 12. The summed E-state index contributed by atoms with van der Waals surface area (Å²) in [6.07, 6.45) is 0. The lowest BCUT2D eigenvalue weighted by atomic mass is 10.2. The lowest BCUT2D eigenvalue weighted by Gasteiger charge is -2.16. The van der Waals surface area contributed by atoms with Crippen molar-refractivity contribution in [3.05, 3.63) is 58.4 Å². The van der Waals surface area contributed by atoms with Crippen LogP contribution in [0, 0.1) is 5.82 Å². The number of nitrogens with one attached hydrogen (secondary N) is 2. The fourth-order valence-corrected chi connectivity index (χ4v) is 2.76. The van der Waals surface area contributed by atoms with E-state index in [4.69, 9.17) is 26.2 Å². The maximum absolute atomic E-state index is 13.0. The van der Waals surface area contributed by atoms with Gasteiger partial charge in [-0.25, -0.2) is 4.39 Å². The highest BCUT2D eigenvalue weighted by Gasteiger charge is 2.13. The van der Waals surface area contributed by atoms with Crippen LogP contribution in [0.4, 0.5) is 4.39 Å². The minimum absolute atomic E-state index is 0.132. The number of hydrogen-bond donors (Lipinski definition) is 3. The lowest BCUT2D eigenvalue weighted by Crippen LogP contribution is -2.28. The molecule has 148 valence electrons. The molecule has 0 spiro atoms. The van der Waals surface area contributed by atoms with Gasteiger partial charge in [0.1, 0.15) is 12.4 Å². The Morgan fingerprint density at radius 1 is 1.00 bits per heavy atom. The SMILES string of the molecule is CCOc1cc(CNCCNCCO)cc(Cl)c1OCc1ccc(F)cc1. The summed E-state index contributed by atoms with van der Waals surface area (Å²) in [5, 5.41) is 15.6. The molecule has 2 aromatic carbocycles. The molecule has 0 saturated heterocycles. The third kappa shape index (κ3) is 7.34. The summed E-state index contributed by atoms with van der Waals surface area (Å²) in [5.41, 5.74) is 1.83. The Kier molecular flexibility index (Phi) is 9.35. The van der Waals surface area contributed by atoms with E-state index in [1.807, 2.05) is 19.1 Å². The summed E-state index contributed by atoms with van der Waals surface area (Å²) in [7, 11) is 0. The number of halogens is 2. The molecule has 2 rings (SSSR count). The van der Waals surface area contributed by atoms with Crippen LogP contribution in [-0.2, 0) is 13.2 Å². The molecule has 0 radical (unpaired) electrons. The maximum Gasteiger partial charge on any atom is 0.180 e. The standard InChI is InChI=1S/C20H26ClFN2O3/c1-2-26-19-12-16(13-24-8-7-23-9-10-25)11-18(21)20(19)27-14-15-3-5-17(22)6-4-15/h3-6,11-12,23-25H,2,7-10,13-14H2,1H3. The first-order valence-electron chi connectivity index (χ1n) is 8.98. The van der Waals surface area contributed by atoms with Crippen molar-refractivity contribution < 1.29 is 19.0 Å². The predicted octanol–water partition coefficient (Wildman–Crippen LogP) is 3.13. The molecule has 0 saturated carbocycles. The lowest BCUT2D eigenvalue weighted by molar-refractivity contribution is 0.269. The first kappa shape index (κ1) is 21.4. The van der Waals surface area contributed by atoms with Crippen LogP contribution >= 0.6 is 11.6 Å². The van der Waals surface area contributed by atoms with Gasteiger partial charge in [0.25, 0.3) is 0 Å². The summed E-state index contributed by atoms with van der Waals surface area (Å²) >= 11 is 6.41. The van der Waals surface area contributed by atoms with Crippen molar-refractivity contribution in [3.63, 3.8) is 0 Å². The molecule has 0 atom stereocenters. The molecular weight excluding hydrogens is 371 g/mol. The molecule has 5 nitrogen and oxygen atoms in total. The second-order valence-electron chi connectivity index (χ2n) is 5.90. The highest BCUT2D eigenvalue weighted by Crippen LogP contribution is 2.37. The average molecular weight is 397 g/mol. The molecule has 0 aliphatic heterocycles. The van der Waals surface area contributed by atoms with Crippen molar-refractivity contribution >= 4 is 11.6 Å². The van der Waals surface area contributed by atoms with Crippen LogP contribution in [0.1, 0.15) is 18.1 Å². The number of aliphatic hydroxyl groups excluding tert-OH is 1. The monoisotopic (exact) mass is 396 g/mol. The van der Waals surface area contributed by atoms with E-state index in [0.29, 0.717) is 36.2 Å². The smallest absolute Gasteiger partial charge is 0.180 e. The number of benzene rings is 2. The molecule has 27 heavy (non-hydrogen) atoms. The van der Waals surface area contributed by atoms with E-state index in [2.05, 4.69) is 10.6 Å². The van der Waals surface area contributed by atoms with E-state index in [1.165, 1.54) is 12.1 Å². The van der Waals surface area contributed by atoms with E-state index in [-0.39, 0.29) is 19.0 Å². The van der Waals surface area contributed by atoms with E-state index >= 15 is 0 Å². The van der Waals surface area contributed by atoms with Crippen molar-refractivity contribution in [2.45, 2.75) is 20.1 Å². The predicted molar refractivity (Wildman–Crippen MR) is 105 cm³/mol. The normalized spacial score (nSPS) is 10.8. The molecule has 0 aliphatic carbocycles. The van der Waals surface area contributed by atoms with Crippen molar-refractivity contribution in [2.75, 3.05) is 32.8 Å². The summed E-state index contributed by atoms with van der Waals surface area (Å²) in [4.78, 5) is 0. The second kappa shape index (κ2) is 11.8. The Balaban J connectivity index is 1.98. The van der Waals surface area contributed by atoms with Crippen LogP contribution in [-0.4, -0.2) is 38.0 Å². The van der Waals surface area contributed by atoms with Gasteiger partial charge in [-0.05, 0) is 42.3 Å². The molecule has 0 aliphatic rings. The summed E-state index contributed by atoms with van der Waals surface area (Å²) < 4.78 is 24.5. The zero-order valence-electron chi connectivity index (χ0n) is 15.4. The third-order valence-electron chi connectivity index (χ3n) is 3.76. The highest BCUT2D eigenvalue weighted by molar-refractivity contribution is 6.32. The molecule has 0 fully saturated rings. The van der Waals surface area contributed by atoms with E-state index < -0.39 is 0 Å². The Morgan fingerprint density at radius 3 is 2.44 bits per heavy atom. The van der Waals surface area contributed by atoms with Gasteiger partial charge in [-0.15, -0.1) is 0 Å². The molecule has 0 bridgehead atoms. The topological polar surface area (TPSA) is 62.8 Å². The quantitative estimate of drug-likeness (QED) is 0.481. The van der Waals surface area contributed by atoms with E-state index in [0.717, 1.165) is 24.2 Å².